The number of nitrogens with zero attached hydrogens (tertiary/aromatic N) is 1. The monoisotopic (exact) mass is 298 g/mol. The van der Waals surface area contributed by atoms with Crippen LogP contribution in [0, 0.1) is 0 Å². The van der Waals surface area contributed by atoms with Gasteiger partial charge in [-0.25, -0.2) is 4.79 Å². The lowest BCUT2D eigenvalue weighted by molar-refractivity contribution is -0.156. The highest BCUT2D eigenvalue weighted by molar-refractivity contribution is 7.09. The Morgan fingerprint density at radius 2 is 2.40 bits per heavy atom. The highest BCUT2D eigenvalue weighted by atomic mass is 32.1. The zero-order chi connectivity index (χ0) is 14.4. The summed E-state index contributed by atoms with van der Waals surface area (Å²) in [6.45, 7) is 2.01. The lowest BCUT2D eigenvalue weighted by Gasteiger charge is -2.30. The Hall–Kier alpha value is -1.44. The summed E-state index contributed by atoms with van der Waals surface area (Å²) in [5.74, 6) is -1.06. The van der Waals surface area contributed by atoms with E-state index in [0.717, 1.165) is 6.42 Å². The van der Waals surface area contributed by atoms with E-state index in [4.69, 9.17) is 9.84 Å². The van der Waals surface area contributed by atoms with E-state index in [2.05, 4.69) is 5.32 Å². The van der Waals surface area contributed by atoms with Crippen molar-refractivity contribution in [2.45, 2.75) is 12.5 Å². The number of rotatable bonds is 6. The lowest BCUT2D eigenvalue weighted by Crippen LogP contribution is -2.49. The van der Waals surface area contributed by atoms with Gasteiger partial charge in [0, 0.05) is 24.5 Å². The molecule has 110 valence electrons. The van der Waals surface area contributed by atoms with Gasteiger partial charge >= 0.3 is 5.97 Å². The number of amides is 1. The molecule has 2 N–H and O–H groups in total. The number of carbonyl (C=O) groups excluding carboxylic acids is 1. The smallest absolute Gasteiger partial charge is 0.334 e. The third-order valence-corrected chi connectivity index (χ3v) is 4.00. The zero-order valence-electron chi connectivity index (χ0n) is 11.1. The SMILES string of the molecule is O=C(CN1CCOC(C(=O)O)C1)NCCc1cccs1. The standard InChI is InChI=1S/C13H18N2O4S/c16-12(14-4-3-10-2-1-7-20-10)9-15-5-6-19-11(8-15)13(17)18/h1-2,7,11H,3-6,8-9H2,(H,14,16)(H,17,18). The molecule has 7 heteroatoms. The number of aliphatic carboxylic acids is 1. The quantitative estimate of drug-likeness (QED) is 0.784. The molecule has 0 aliphatic carbocycles. The molecule has 1 aromatic heterocycles. The Bertz CT molecular complexity index is 449. The largest absolute Gasteiger partial charge is 0.479 e. The van der Waals surface area contributed by atoms with Crippen LogP contribution >= 0.6 is 11.3 Å². The second kappa shape index (κ2) is 7.37. The molecule has 0 spiro atoms. The molecule has 2 heterocycles. The number of carboxylic acid groups (broad SMARTS) is 1. The molecule has 0 aromatic carbocycles. The summed E-state index contributed by atoms with van der Waals surface area (Å²) in [6.07, 6.45) is -0.00718. The van der Waals surface area contributed by atoms with E-state index in [9.17, 15) is 9.59 Å². The Balaban J connectivity index is 1.67. The van der Waals surface area contributed by atoms with E-state index in [1.807, 2.05) is 22.4 Å². The second-order valence-corrected chi connectivity index (χ2v) is 5.64. The fourth-order valence-corrected chi connectivity index (χ4v) is 2.74. The van der Waals surface area contributed by atoms with Crippen LogP contribution in [-0.4, -0.2) is 60.8 Å². The van der Waals surface area contributed by atoms with Gasteiger partial charge in [-0.05, 0) is 17.9 Å². The van der Waals surface area contributed by atoms with Crippen molar-refractivity contribution in [3.8, 4) is 0 Å². The second-order valence-electron chi connectivity index (χ2n) is 4.61. The number of carbonyl (C=O) groups is 2. The van der Waals surface area contributed by atoms with Crippen molar-refractivity contribution in [1.29, 1.82) is 0 Å². The predicted molar refractivity (Wildman–Crippen MR) is 74.8 cm³/mol. The average molecular weight is 298 g/mol. The Kier molecular flexibility index (Phi) is 5.51. The van der Waals surface area contributed by atoms with Gasteiger partial charge in [-0.1, -0.05) is 6.07 Å². The van der Waals surface area contributed by atoms with Crippen LogP contribution in [0.1, 0.15) is 4.88 Å². The molecule has 1 aliphatic heterocycles. The molecule has 1 saturated heterocycles. The number of nitrogens with one attached hydrogen (secondary N) is 1. The van der Waals surface area contributed by atoms with E-state index in [1.165, 1.54) is 4.88 Å². The maximum atomic E-state index is 11.8. The summed E-state index contributed by atoms with van der Waals surface area (Å²) in [7, 11) is 0. The molecule has 20 heavy (non-hydrogen) atoms. The Morgan fingerprint density at radius 1 is 1.55 bits per heavy atom. The minimum atomic E-state index is -0.979. The summed E-state index contributed by atoms with van der Waals surface area (Å²) in [4.78, 5) is 25.7. The van der Waals surface area contributed by atoms with E-state index in [0.29, 0.717) is 19.7 Å². The molecule has 0 bridgehead atoms. The predicted octanol–water partition coefficient (Wildman–Crippen LogP) is 0.192. The van der Waals surface area contributed by atoms with Crippen LogP contribution in [0.4, 0.5) is 0 Å². The van der Waals surface area contributed by atoms with Crippen LogP contribution in [0.2, 0.25) is 0 Å². The summed E-state index contributed by atoms with van der Waals surface area (Å²) in [5.41, 5.74) is 0. The lowest BCUT2D eigenvalue weighted by atomic mass is 10.2. The van der Waals surface area contributed by atoms with E-state index in [-0.39, 0.29) is 19.0 Å². The Labute approximate surface area is 121 Å². The van der Waals surface area contributed by atoms with Crippen LogP contribution in [0.25, 0.3) is 0 Å². The first-order chi connectivity index (χ1) is 9.65. The maximum Gasteiger partial charge on any atom is 0.334 e. The first-order valence-corrected chi connectivity index (χ1v) is 7.39. The van der Waals surface area contributed by atoms with Crippen LogP contribution in [0.15, 0.2) is 17.5 Å². The Morgan fingerprint density at radius 3 is 3.10 bits per heavy atom. The first kappa shape index (κ1) is 15.0. The van der Waals surface area contributed by atoms with Gasteiger partial charge < -0.3 is 15.2 Å². The molecule has 1 atom stereocenters. The van der Waals surface area contributed by atoms with Gasteiger partial charge in [0.05, 0.1) is 13.2 Å². The molecule has 2 rings (SSSR count). The van der Waals surface area contributed by atoms with Gasteiger partial charge in [0.1, 0.15) is 0 Å². The van der Waals surface area contributed by atoms with Crippen LogP contribution in [0.3, 0.4) is 0 Å². The van der Waals surface area contributed by atoms with E-state index >= 15 is 0 Å². The molecule has 6 nitrogen and oxygen atoms in total. The van der Waals surface area contributed by atoms with Crippen molar-refractivity contribution >= 4 is 23.2 Å². The molecular formula is C13H18N2O4S. The number of carboxylic acids is 1. The molecule has 0 saturated carbocycles. The van der Waals surface area contributed by atoms with Crippen LogP contribution in [0.5, 0.6) is 0 Å². The summed E-state index contributed by atoms with van der Waals surface area (Å²) >= 11 is 1.67. The molecule has 0 radical (unpaired) electrons. The summed E-state index contributed by atoms with van der Waals surface area (Å²) < 4.78 is 5.11. The van der Waals surface area contributed by atoms with Gasteiger partial charge in [-0.2, -0.15) is 0 Å². The van der Waals surface area contributed by atoms with Crippen molar-refractivity contribution in [2.24, 2.45) is 0 Å². The highest BCUT2D eigenvalue weighted by Gasteiger charge is 2.26. The number of hydrogen-bond donors (Lipinski definition) is 2. The van der Waals surface area contributed by atoms with Crippen molar-refractivity contribution in [3.05, 3.63) is 22.4 Å². The normalized spacial score (nSPS) is 19.7. The molecule has 1 unspecified atom stereocenters. The number of morpholine rings is 1. The minimum Gasteiger partial charge on any atom is -0.479 e. The van der Waals surface area contributed by atoms with Gasteiger partial charge in [0.2, 0.25) is 5.91 Å². The fourth-order valence-electron chi connectivity index (χ4n) is 2.03. The first-order valence-electron chi connectivity index (χ1n) is 6.51. The average Bonchev–Trinajstić information content (AvgIpc) is 2.92. The van der Waals surface area contributed by atoms with Gasteiger partial charge in [0.25, 0.3) is 0 Å². The number of thiophene rings is 1. The van der Waals surface area contributed by atoms with Gasteiger partial charge in [-0.15, -0.1) is 11.3 Å². The molecule has 1 amide bonds. The van der Waals surface area contributed by atoms with Crippen molar-refractivity contribution in [3.63, 3.8) is 0 Å². The number of ether oxygens (including phenoxy) is 1. The fraction of sp³-hybridized carbons (Fsp3) is 0.538. The third kappa shape index (κ3) is 4.59. The van der Waals surface area contributed by atoms with Crippen molar-refractivity contribution < 1.29 is 19.4 Å². The molecule has 1 fully saturated rings. The van der Waals surface area contributed by atoms with Crippen LogP contribution in [-0.2, 0) is 20.7 Å². The molecular weight excluding hydrogens is 280 g/mol. The van der Waals surface area contributed by atoms with Gasteiger partial charge in [0.15, 0.2) is 6.10 Å². The van der Waals surface area contributed by atoms with Gasteiger partial charge in [-0.3, -0.25) is 9.69 Å². The minimum absolute atomic E-state index is 0.0763. The zero-order valence-corrected chi connectivity index (χ0v) is 11.9. The molecule has 1 aliphatic rings. The van der Waals surface area contributed by atoms with E-state index in [1.54, 1.807) is 11.3 Å². The third-order valence-electron chi connectivity index (χ3n) is 3.07. The van der Waals surface area contributed by atoms with Crippen molar-refractivity contribution in [2.75, 3.05) is 32.8 Å². The maximum absolute atomic E-state index is 11.8. The highest BCUT2D eigenvalue weighted by Crippen LogP contribution is 2.08. The summed E-state index contributed by atoms with van der Waals surface area (Å²) in [5, 5.41) is 13.7. The topological polar surface area (TPSA) is 78.9 Å². The molecule has 1 aromatic rings. The number of hydrogen-bond acceptors (Lipinski definition) is 5. The van der Waals surface area contributed by atoms with Crippen LogP contribution < -0.4 is 5.32 Å². The van der Waals surface area contributed by atoms with E-state index < -0.39 is 12.1 Å². The van der Waals surface area contributed by atoms with Crippen molar-refractivity contribution in [1.82, 2.24) is 10.2 Å². The summed E-state index contributed by atoms with van der Waals surface area (Å²) in [6, 6.07) is 4.03.